The molecule has 0 bridgehead atoms. The van der Waals surface area contributed by atoms with Crippen LogP contribution in [0.4, 0.5) is 18.9 Å². The van der Waals surface area contributed by atoms with E-state index >= 15 is 0 Å². The second-order valence-electron chi connectivity index (χ2n) is 7.44. The summed E-state index contributed by atoms with van der Waals surface area (Å²) in [7, 11) is 0. The normalized spacial score (nSPS) is 14.2. The number of anilines is 1. The van der Waals surface area contributed by atoms with Crippen molar-refractivity contribution in [3.05, 3.63) is 64.8 Å². The lowest BCUT2D eigenvalue weighted by Gasteiger charge is -2.20. The second-order valence-corrected chi connectivity index (χ2v) is 7.44. The van der Waals surface area contributed by atoms with Crippen LogP contribution in [0.5, 0.6) is 5.75 Å². The molecule has 1 saturated heterocycles. The van der Waals surface area contributed by atoms with Gasteiger partial charge in [0.1, 0.15) is 18.4 Å². The van der Waals surface area contributed by atoms with Gasteiger partial charge in [-0.15, -0.1) is 0 Å². The summed E-state index contributed by atoms with van der Waals surface area (Å²) >= 11 is 0. The fourth-order valence-corrected chi connectivity index (χ4v) is 3.77. The van der Waals surface area contributed by atoms with Gasteiger partial charge in [-0.3, -0.25) is 4.98 Å². The van der Waals surface area contributed by atoms with Crippen LogP contribution in [0.3, 0.4) is 0 Å². The summed E-state index contributed by atoms with van der Waals surface area (Å²) in [5.41, 5.74) is 2.88. The number of fused-ring (bicyclic) bond motifs is 1. The summed E-state index contributed by atoms with van der Waals surface area (Å²) < 4.78 is 44.6. The Morgan fingerprint density at radius 1 is 1.10 bits per heavy atom. The van der Waals surface area contributed by atoms with Gasteiger partial charge in [-0.1, -0.05) is 12.1 Å². The Labute approximate surface area is 172 Å². The average Bonchev–Trinajstić information content (AvgIpc) is 3.25. The third-order valence-electron chi connectivity index (χ3n) is 5.25. The van der Waals surface area contributed by atoms with E-state index in [1.165, 1.54) is 12.8 Å². The molecule has 1 aliphatic heterocycles. The molecular formula is C23H20F3N3O. The van der Waals surface area contributed by atoms with E-state index in [4.69, 9.17) is 4.74 Å². The third-order valence-corrected chi connectivity index (χ3v) is 5.25. The van der Waals surface area contributed by atoms with Crippen molar-refractivity contribution in [2.24, 2.45) is 0 Å². The van der Waals surface area contributed by atoms with Crippen LogP contribution in [0.25, 0.3) is 10.9 Å². The Bertz CT molecular complexity index is 1130. The molecule has 154 valence electrons. The number of aryl methyl sites for hydroxylation is 1. The van der Waals surface area contributed by atoms with Gasteiger partial charge in [-0.2, -0.15) is 18.4 Å². The van der Waals surface area contributed by atoms with E-state index in [0.29, 0.717) is 0 Å². The molecule has 0 atom stereocenters. The third kappa shape index (κ3) is 4.04. The van der Waals surface area contributed by atoms with Gasteiger partial charge in [-0.05, 0) is 55.7 Å². The summed E-state index contributed by atoms with van der Waals surface area (Å²) in [6, 6.07) is 12.6. The number of pyridine rings is 1. The number of ether oxygens (including phenoxy) is 1. The Balaban J connectivity index is 1.62. The van der Waals surface area contributed by atoms with E-state index in [1.807, 2.05) is 31.2 Å². The second kappa shape index (κ2) is 7.86. The van der Waals surface area contributed by atoms with E-state index in [2.05, 4.69) is 16.0 Å². The molecule has 0 saturated carbocycles. The summed E-state index contributed by atoms with van der Waals surface area (Å²) in [5.74, 6) is -0.0811. The van der Waals surface area contributed by atoms with Crippen molar-refractivity contribution in [1.82, 2.24) is 4.98 Å². The Morgan fingerprint density at radius 2 is 1.87 bits per heavy atom. The zero-order chi connectivity index (χ0) is 21.3. The van der Waals surface area contributed by atoms with Crippen molar-refractivity contribution in [2.75, 3.05) is 18.0 Å². The number of hydrogen-bond donors (Lipinski definition) is 0. The highest BCUT2D eigenvalue weighted by Gasteiger charge is 2.31. The largest absolute Gasteiger partial charge is 0.488 e. The van der Waals surface area contributed by atoms with Gasteiger partial charge in [0.15, 0.2) is 0 Å². The standard InChI is InChI=1S/C23H20F3N3O/c1-15-10-21(29-8-2-3-9-29)19-7-4-16(11-20(19)28-15)14-30-22-12-18(23(24,25)26)6-5-17(22)13-27/h4-7,10-12H,2-3,8-9,14H2,1H3. The molecule has 0 unspecified atom stereocenters. The van der Waals surface area contributed by atoms with Crippen LogP contribution >= 0.6 is 0 Å². The molecule has 1 fully saturated rings. The van der Waals surface area contributed by atoms with E-state index < -0.39 is 11.7 Å². The van der Waals surface area contributed by atoms with E-state index in [1.54, 1.807) is 0 Å². The monoisotopic (exact) mass is 411 g/mol. The van der Waals surface area contributed by atoms with Crippen molar-refractivity contribution < 1.29 is 17.9 Å². The number of rotatable bonds is 4. The van der Waals surface area contributed by atoms with Crippen molar-refractivity contribution in [1.29, 1.82) is 5.26 Å². The number of nitrogens with zero attached hydrogens (tertiary/aromatic N) is 3. The molecule has 0 radical (unpaired) electrons. The maximum absolute atomic E-state index is 13.0. The van der Waals surface area contributed by atoms with Gasteiger partial charge in [0.25, 0.3) is 0 Å². The molecule has 0 spiro atoms. The lowest BCUT2D eigenvalue weighted by molar-refractivity contribution is -0.137. The summed E-state index contributed by atoms with van der Waals surface area (Å²) in [5, 5.41) is 10.2. The lowest BCUT2D eigenvalue weighted by atomic mass is 10.1. The van der Waals surface area contributed by atoms with Crippen LogP contribution in [0, 0.1) is 18.3 Å². The minimum absolute atomic E-state index is 0.0423. The highest BCUT2D eigenvalue weighted by atomic mass is 19.4. The number of alkyl halides is 3. The SMILES string of the molecule is Cc1cc(N2CCCC2)c2ccc(COc3cc(C(F)(F)F)ccc3C#N)cc2n1. The summed E-state index contributed by atoms with van der Waals surface area (Å²) in [6.07, 6.45) is -2.15. The smallest absolute Gasteiger partial charge is 0.416 e. The quantitative estimate of drug-likeness (QED) is 0.560. The predicted molar refractivity (Wildman–Crippen MR) is 108 cm³/mol. The van der Waals surface area contributed by atoms with E-state index in [9.17, 15) is 18.4 Å². The van der Waals surface area contributed by atoms with Crippen LogP contribution in [0.2, 0.25) is 0 Å². The summed E-state index contributed by atoms with van der Waals surface area (Å²) in [6.45, 7) is 4.04. The molecule has 1 aliphatic rings. The number of nitriles is 1. The fraction of sp³-hybridized carbons (Fsp3) is 0.304. The molecule has 1 aromatic heterocycles. The van der Waals surface area contributed by atoms with Crippen molar-refractivity contribution in [3.63, 3.8) is 0 Å². The summed E-state index contributed by atoms with van der Waals surface area (Å²) in [4.78, 5) is 6.98. The first-order valence-electron chi connectivity index (χ1n) is 9.74. The van der Waals surface area contributed by atoms with Gasteiger partial charge in [0, 0.05) is 29.9 Å². The maximum Gasteiger partial charge on any atom is 0.416 e. The molecule has 4 nitrogen and oxygen atoms in total. The highest BCUT2D eigenvalue weighted by Crippen LogP contribution is 2.34. The molecule has 2 aromatic carbocycles. The average molecular weight is 411 g/mol. The minimum Gasteiger partial charge on any atom is -0.488 e. The Kier molecular flexibility index (Phi) is 5.25. The van der Waals surface area contributed by atoms with Gasteiger partial charge in [0.05, 0.1) is 16.6 Å². The molecule has 7 heteroatoms. The molecule has 4 rings (SSSR count). The molecule has 30 heavy (non-hydrogen) atoms. The fourth-order valence-electron chi connectivity index (χ4n) is 3.77. The zero-order valence-electron chi connectivity index (χ0n) is 16.5. The molecule has 0 aliphatic carbocycles. The molecular weight excluding hydrogens is 391 g/mol. The lowest BCUT2D eigenvalue weighted by Crippen LogP contribution is -2.18. The van der Waals surface area contributed by atoms with Gasteiger partial charge in [0.2, 0.25) is 0 Å². The van der Waals surface area contributed by atoms with Gasteiger partial charge in [-0.25, -0.2) is 0 Å². The van der Waals surface area contributed by atoms with Crippen LogP contribution in [0.15, 0.2) is 42.5 Å². The number of aromatic nitrogens is 1. The van der Waals surface area contributed by atoms with Crippen LogP contribution in [-0.4, -0.2) is 18.1 Å². The molecule has 2 heterocycles. The zero-order valence-corrected chi connectivity index (χ0v) is 16.5. The van der Waals surface area contributed by atoms with Gasteiger partial charge >= 0.3 is 6.18 Å². The molecule has 0 amide bonds. The minimum atomic E-state index is -4.50. The topological polar surface area (TPSA) is 49.1 Å². The predicted octanol–water partition coefficient (Wildman–Crippen LogP) is 5.61. The maximum atomic E-state index is 13.0. The molecule has 3 aromatic rings. The first kappa shape index (κ1) is 20.0. The number of hydrogen-bond acceptors (Lipinski definition) is 4. The Hall–Kier alpha value is -3.27. The number of benzene rings is 2. The van der Waals surface area contributed by atoms with Gasteiger partial charge < -0.3 is 9.64 Å². The van der Waals surface area contributed by atoms with E-state index in [0.717, 1.165) is 59.1 Å². The van der Waals surface area contributed by atoms with Crippen molar-refractivity contribution >= 4 is 16.6 Å². The Morgan fingerprint density at radius 3 is 2.57 bits per heavy atom. The molecule has 0 N–H and O–H groups in total. The van der Waals surface area contributed by atoms with Crippen molar-refractivity contribution in [3.8, 4) is 11.8 Å². The van der Waals surface area contributed by atoms with Crippen LogP contribution in [0.1, 0.15) is 35.2 Å². The highest BCUT2D eigenvalue weighted by molar-refractivity contribution is 5.92. The van der Waals surface area contributed by atoms with Crippen LogP contribution in [-0.2, 0) is 12.8 Å². The van der Waals surface area contributed by atoms with Crippen LogP contribution < -0.4 is 9.64 Å². The van der Waals surface area contributed by atoms with E-state index in [-0.39, 0.29) is 17.9 Å². The first-order valence-corrected chi connectivity index (χ1v) is 9.74. The number of halogens is 3. The first-order chi connectivity index (χ1) is 14.3. The van der Waals surface area contributed by atoms with Crippen molar-refractivity contribution in [2.45, 2.75) is 32.5 Å².